The first-order chi connectivity index (χ1) is 21.3. The molecule has 5 aliphatic rings. The van der Waals surface area contributed by atoms with Gasteiger partial charge >= 0.3 is 5.97 Å². The third kappa shape index (κ3) is 5.02. The smallest absolute Gasteiger partial charge is 0.357 e. The second-order valence-corrected chi connectivity index (χ2v) is 13.9. The van der Waals surface area contributed by atoms with Crippen molar-refractivity contribution < 1.29 is 28.2 Å². The second kappa shape index (κ2) is 11.7. The van der Waals surface area contributed by atoms with Crippen LogP contribution in [0.1, 0.15) is 87.5 Å². The first kappa shape index (κ1) is 29.7. The molecule has 4 fully saturated rings. The highest BCUT2D eigenvalue weighted by Gasteiger charge is 2.51. The quantitative estimate of drug-likeness (QED) is 0.422. The Kier molecular flexibility index (Phi) is 7.93. The van der Waals surface area contributed by atoms with Crippen LogP contribution in [0.15, 0.2) is 24.3 Å². The van der Waals surface area contributed by atoms with Gasteiger partial charge in [0, 0.05) is 49.5 Å². The standard InChI is InChI=1S/C34H45FN4O5/c1-43-25-10-7-20(8-11-25)26-13-16-38(32(41)22-5-3-21(4-6-22)27(36)19-35)30(26)31(40)37-24-9-12-28-23(17-24)18-29-33(42)44-34(39(28)29)14-2-15-34/h9,12,17-18,20-22,25-27,30H,2-8,10-11,13-16,19,36H2,1H3,(H,37,40)/t20?,21-,22-,25?,26-,27+,30-/m0/s1. The van der Waals surface area contributed by atoms with Gasteiger partial charge < -0.3 is 25.4 Å². The number of alkyl halides is 1. The number of ether oxygens (including phenoxy) is 2. The molecule has 44 heavy (non-hydrogen) atoms. The Morgan fingerprint density at radius 3 is 2.50 bits per heavy atom. The number of nitrogens with two attached hydrogens (primary N) is 1. The Labute approximate surface area is 258 Å². The summed E-state index contributed by atoms with van der Waals surface area (Å²) in [5, 5.41) is 4.05. The van der Waals surface area contributed by atoms with Crippen LogP contribution in [0.4, 0.5) is 10.1 Å². The number of nitrogens with one attached hydrogen (secondary N) is 1. The summed E-state index contributed by atoms with van der Waals surface area (Å²) >= 11 is 0. The van der Waals surface area contributed by atoms with Crippen molar-refractivity contribution in [3.05, 3.63) is 30.0 Å². The number of rotatable bonds is 7. The molecule has 3 N–H and O–H groups in total. The number of nitrogens with zero attached hydrogens (tertiary/aromatic N) is 2. The minimum absolute atomic E-state index is 0.0501. The number of amides is 2. The lowest BCUT2D eigenvalue weighted by atomic mass is 9.75. The summed E-state index contributed by atoms with van der Waals surface area (Å²) in [6, 6.07) is 6.62. The highest BCUT2D eigenvalue weighted by atomic mass is 19.1. The van der Waals surface area contributed by atoms with Crippen molar-refractivity contribution in [2.75, 3.05) is 25.6 Å². The van der Waals surface area contributed by atoms with Gasteiger partial charge in [-0.1, -0.05) is 0 Å². The van der Waals surface area contributed by atoms with Crippen molar-refractivity contribution in [3.63, 3.8) is 0 Å². The van der Waals surface area contributed by atoms with Crippen molar-refractivity contribution in [1.82, 2.24) is 9.47 Å². The molecule has 2 aliphatic heterocycles. The van der Waals surface area contributed by atoms with E-state index in [0.29, 0.717) is 36.7 Å². The van der Waals surface area contributed by atoms with E-state index in [9.17, 15) is 18.8 Å². The highest BCUT2D eigenvalue weighted by molar-refractivity contribution is 6.02. The first-order valence-corrected chi connectivity index (χ1v) is 16.7. The van der Waals surface area contributed by atoms with Crippen LogP contribution in [0, 0.1) is 23.7 Å². The van der Waals surface area contributed by atoms with Crippen LogP contribution in [-0.2, 0) is 24.8 Å². The number of hydrogen-bond acceptors (Lipinski definition) is 6. The molecule has 238 valence electrons. The second-order valence-electron chi connectivity index (χ2n) is 13.9. The molecule has 0 unspecified atom stereocenters. The van der Waals surface area contributed by atoms with E-state index in [1.54, 1.807) is 7.11 Å². The summed E-state index contributed by atoms with van der Waals surface area (Å²) in [5.74, 6) is 0.00144. The van der Waals surface area contributed by atoms with Crippen LogP contribution < -0.4 is 11.1 Å². The van der Waals surface area contributed by atoms with Gasteiger partial charge in [-0.3, -0.25) is 14.2 Å². The Morgan fingerprint density at radius 1 is 1.09 bits per heavy atom. The lowest BCUT2D eigenvalue weighted by molar-refractivity contribution is -0.142. The molecule has 3 aliphatic carbocycles. The minimum Gasteiger partial charge on any atom is -0.434 e. The van der Waals surface area contributed by atoms with Crippen LogP contribution in [0.25, 0.3) is 10.9 Å². The number of fused-ring (bicyclic) bond motifs is 4. The fraction of sp³-hybridized carbons (Fsp3) is 0.676. The monoisotopic (exact) mass is 608 g/mol. The molecule has 10 heteroatoms. The van der Waals surface area contributed by atoms with Gasteiger partial charge in [0.05, 0.1) is 11.6 Å². The van der Waals surface area contributed by atoms with E-state index >= 15 is 0 Å². The minimum atomic E-state index is -0.561. The number of halogens is 1. The summed E-state index contributed by atoms with van der Waals surface area (Å²) in [4.78, 5) is 42.7. The molecule has 3 saturated carbocycles. The van der Waals surface area contributed by atoms with E-state index in [0.717, 1.165) is 75.1 Å². The summed E-state index contributed by atoms with van der Waals surface area (Å²) in [5.41, 5.74) is 7.56. The van der Waals surface area contributed by atoms with E-state index in [2.05, 4.69) is 5.32 Å². The number of methoxy groups -OCH3 is 1. The van der Waals surface area contributed by atoms with E-state index in [1.165, 1.54) is 0 Å². The summed E-state index contributed by atoms with van der Waals surface area (Å²) in [6.45, 7) is 0.0403. The zero-order valence-corrected chi connectivity index (χ0v) is 25.6. The van der Waals surface area contributed by atoms with Crippen molar-refractivity contribution >= 4 is 34.4 Å². The van der Waals surface area contributed by atoms with Gasteiger partial charge in [0.25, 0.3) is 0 Å². The lowest BCUT2D eigenvalue weighted by Crippen LogP contribution is -2.50. The van der Waals surface area contributed by atoms with Crippen LogP contribution in [-0.4, -0.2) is 65.8 Å². The largest absolute Gasteiger partial charge is 0.434 e. The number of anilines is 1. The van der Waals surface area contributed by atoms with Gasteiger partial charge in [0.15, 0.2) is 5.72 Å². The maximum atomic E-state index is 14.2. The molecule has 3 atom stereocenters. The first-order valence-electron chi connectivity index (χ1n) is 16.7. The average molecular weight is 609 g/mol. The number of hydrogen-bond donors (Lipinski definition) is 2. The maximum Gasteiger partial charge on any atom is 0.357 e. The van der Waals surface area contributed by atoms with E-state index in [4.69, 9.17) is 15.2 Å². The van der Waals surface area contributed by atoms with Crippen LogP contribution in [0.3, 0.4) is 0 Å². The molecule has 9 nitrogen and oxygen atoms in total. The Morgan fingerprint density at radius 2 is 1.84 bits per heavy atom. The van der Waals surface area contributed by atoms with E-state index in [1.807, 2.05) is 33.7 Å². The lowest BCUT2D eigenvalue weighted by Gasteiger charge is -2.38. The SMILES string of the molecule is COC1CCC([C@@H]2CCN(C(=O)[C@H]3CC[C@H]([C@H](N)CF)CC3)[C@@H]2C(=O)Nc2ccc3c(c2)cc2n3C3(CCC3)OC2=O)CC1. The van der Waals surface area contributed by atoms with E-state index in [-0.39, 0.29) is 41.6 Å². The van der Waals surface area contributed by atoms with Gasteiger partial charge in [-0.2, -0.15) is 0 Å². The van der Waals surface area contributed by atoms with Gasteiger partial charge in [-0.25, -0.2) is 9.18 Å². The van der Waals surface area contributed by atoms with Crippen molar-refractivity contribution in [2.24, 2.45) is 29.4 Å². The number of carbonyl (C=O) groups is 3. The molecule has 2 aromatic rings. The molecule has 7 rings (SSSR count). The average Bonchev–Trinajstić information content (AvgIpc) is 3.72. The normalized spacial score (nSPS) is 31.9. The van der Waals surface area contributed by atoms with E-state index < -0.39 is 24.5 Å². The predicted octanol–water partition coefficient (Wildman–Crippen LogP) is 5.11. The Bertz CT molecular complexity index is 1420. The molecule has 3 heterocycles. The zero-order chi connectivity index (χ0) is 30.6. The maximum absolute atomic E-state index is 14.2. The van der Waals surface area contributed by atoms with Gasteiger partial charge in [0.1, 0.15) is 18.4 Å². The Hall–Kier alpha value is -2.98. The summed E-state index contributed by atoms with van der Waals surface area (Å²) in [6.07, 6.45) is 10.5. The Balaban J connectivity index is 1.11. The van der Waals surface area contributed by atoms with Gasteiger partial charge in [0.2, 0.25) is 11.8 Å². The van der Waals surface area contributed by atoms with Crippen LogP contribution in [0.2, 0.25) is 0 Å². The zero-order valence-electron chi connectivity index (χ0n) is 25.6. The molecule has 1 aromatic heterocycles. The highest BCUT2D eigenvalue weighted by Crippen LogP contribution is 2.48. The summed E-state index contributed by atoms with van der Waals surface area (Å²) in [7, 11) is 1.76. The van der Waals surface area contributed by atoms with Crippen LogP contribution >= 0.6 is 0 Å². The molecular weight excluding hydrogens is 563 g/mol. The van der Waals surface area contributed by atoms with Crippen molar-refractivity contribution in [1.29, 1.82) is 0 Å². The topological polar surface area (TPSA) is 116 Å². The van der Waals surface area contributed by atoms with Crippen molar-refractivity contribution in [3.8, 4) is 0 Å². The molecule has 1 aromatic carbocycles. The number of carbonyl (C=O) groups excluding carboxylic acids is 3. The molecular formula is C34H45FN4O5. The van der Waals surface area contributed by atoms with Gasteiger partial charge in [-0.15, -0.1) is 0 Å². The molecule has 1 saturated heterocycles. The van der Waals surface area contributed by atoms with Crippen molar-refractivity contribution in [2.45, 2.75) is 101 Å². The number of esters is 1. The van der Waals surface area contributed by atoms with Gasteiger partial charge in [-0.05, 0) is 106 Å². The molecule has 0 radical (unpaired) electrons. The number of aromatic nitrogens is 1. The number of benzene rings is 1. The predicted molar refractivity (Wildman–Crippen MR) is 164 cm³/mol. The fourth-order valence-electron chi connectivity index (χ4n) is 8.97. The number of likely N-dealkylation sites (tertiary alicyclic amines) is 1. The molecule has 2 amide bonds. The summed E-state index contributed by atoms with van der Waals surface area (Å²) < 4.78 is 26.6. The van der Waals surface area contributed by atoms with Crippen LogP contribution in [0.5, 0.6) is 0 Å². The third-order valence-electron chi connectivity index (χ3n) is 11.7. The third-order valence-corrected chi connectivity index (χ3v) is 11.7. The molecule has 0 bridgehead atoms. The fourth-order valence-corrected chi connectivity index (χ4v) is 8.97. The molecule has 1 spiro atoms.